The van der Waals surface area contributed by atoms with Gasteiger partial charge in [-0.2, -0.15) is 4.98 Å². The number of aliphatic hydroxyl groups is 1. The number of benzene rings is 1. The topological polar surface area (TPSA) is 68.4 Å². The third kappa shape index (κ3) is 2.83. The predicted molar refractivity (Wildman–Crippen MR) is 67.7 cm³/mol. The Morgan fingerprint density at radius 1 is 1.26 bits per heavy atom. The smallest absolute Gasteiger partial charge is 0.234 e. The van der Waals surface area contributed by atoms with Gasteiger partial charge in [-0.05, 0) is 12.0 Å². The first kappa shape index (κ1) is 12.3. The van der Waals surface area contributed by atoms with Crippen LogP contribution in [0.4, 0.5) is 0 Å². The molecule has 19 heavy (non-hydrogen) atoms. The van der Waals surface area contributed by atoms with Gasteiger partial charge in [-0.3, -0.25) is 0 Å². The van der Waals surface area contributed by atoms with Gasteiger partial charge in [0.2, 0.25) is 5.89 Å². The lowest BCUT2D eigenvalue weighted by atomic mass is 9.99. The van der Waals surface area contributed by atoms with Crippen LogP contribution >= 0.6 is 0 Å². The highest BCUT2D eigenvalue weighted by atomic mass is 16.5. The van der Waals surface area contributed by atoms with Crippen LogP contribution < -0.4 is 0 Å². The van der Waals surface area contributed by atoms with Crippen LogP contribution in [-0.4, -0.2) is 34.6 Å². The fraction of sp³-hybridized carbons (Fsp3) is 0.429. The van der Waals surface area contributed by atoms with Crippen LogP contribution in [0.1, 0.15) is 29.6 Å². The third-order valence-corrected chi connectivity index (χ3v) is 3.33. The first-order valence-electron chi connectivity index (χ1n) is 6.45. The average molecular weight is 260 g/mol. The first-order chi connectivity index (χ1) is 9.33. The predicted octanol–water partition coefficient (Wildman–Crippen LogP) is 1.53. The molecular formula is C14H16N2O3. The largest absolute Gasteiger partial charge is 0.392 e. The Morgan fingerprint density at radius 3 is 2.89 bits per heavy atom. The maximum atomic E-state index is 9.91. The van der Waals surface area contributed by atoms with Crippen molar-refractivity contribution in [1.29, 1.82) is 0 Å². The van der Waals surface area contributed by atoms with Gasteiger partial charge in [-0.1, -0.05) is 35.5 Å². The summed E-state index contributed by atoms with van der Waals surface area (Å²) in [4.78, 5) is 4.36. The van der Waals surface area contributed by atoms with Crippen molar-refractivity contribution in [2.75, 3.05) is 13.2 Å². The van der Waals surface area contributed by atoms with Crippen molar-refractivity contribution in [2.45, 2.75) is 24.9 Å². The van der Waals surface area contributed by atoms with E-state index in [-0.39, 0.29) is 5.92 Å². The molecule has 0 spiro atoms. The summed E-state index contributed by atoms with van der Waals surface area (Å²) in [5.74, 6) is 0.905. The molecule has 2 atom stereocenters. The highest BCUT2D eigenvalue weighted by Gasteiger charge is 2.30. The minimum atomic E-state index is -0.459. The average Bonchev–Trinajstić information content (AvgIpc) is 2.89. The number of aromatic nitrogens is 2. The summed E-state index contributed by atoms with van der Waals surface area (Å²) < 4.78 is 10.6. The summed E-state index contributed by atoms with van der Waals surface area (Å²) in [5.41, 5.74) is 1.13. The van der Waals surface area contributed by atoms with E-state index in [0.717, 1.165) is 5.56 Å². The number of aliphatic hydroxyl groups excluding tert-OH is 1. The van der Waals surface area contributed by atoms with Crippen molar-refractivity contribution < 1.29 is 14.4 Å². The molecule has 1 saturated heterocycles. The normalized spacial score (nSPS) is 23.4. The summed E-state index contributed by atoms with van der Waals surface area (Å²) >= 11 is 0. The van der Waals surface area contributed by atoms with E-state index in [1.165, 1.54) is 0 Å². The van der Waals surface area contributed by atoms with E-state index in [0.29, 0.717) is 37.8 Å². The Kier molecular flexibility index (Phi) is 3.57. The minimum Gasteiger partial charge on any atom is -0.392 e. The molecule has 2 unspecified atom stereocenters. The molecular weight excluding hydrogens is 244 g/mol. The molecule has 1 aromatic heterocycles. The fourth-order valence-corrected chi connectivity index (χ4v) is 2.23. The van der Waals surface area contributed by atoms with Gasteiger partial charge in [0.1, 0.15) is 0 Å². The molecule has 2 aromatic rings. The van der Waals surface area contributed by atoms with Gasteiger partial charge in [-0.25, -0.2) is 0 Å². The maximum absolute atomic E-state index is 9.91. The van der Waals surface area contributed by atoms with Gasteiger partial charge in [0.25, 0.3) is 0 Å². The molecule has 100 valence electrons. The standard InChI is InChI=1S/C14H16N2O3/c17-12-6-7-18-9-11(12)14-15-13(16-19-14)8-10-4-2-1-3-5-10/h1-5,11-12,17H,6-9H2. The molecule has 1 aliphatic heterocycles. The van der Waals surface area contributed by atoms with Crippen LogP contribution in [0.25, 0.3) is 0 Å². The lowest BCUT2D eigenvalue weighted by molar-refractivity contribution is -0.0149. The number of hydrogen-bond acceptors (Lipinski definition) is 5. The van der Waals surface area contributed by atoms with Gasteiger partial charge in [0.05, 0.1) is 18.6 Å². The van der Waals surface area contributed by atoms with Crippen LogP contribution in [0.3, 0.4) is 0 Å². The maximum Gasteiger partial charge on any atom is 0.234 e. The molecule has 0 amide bonds. The number of hydrogen-bond donors (Lipinski definition) is 1. The van der Waals surface area contributed by atoms with E-state index < -0.39 is 6.10 Å². The highest BCUT2D eigenvalue weighted by Crippen LogP contribution is 2.24. The molecule has 5 heteroatoms. The lowest BCUT2D eigenvalue weighted by Crippen LogP contribution is -2.30. The Bertz CT molecular complexity index is 526. The Labute approximate surface area is 111 Å². The molecule has 1 aliphatic rings. The molecule has 2 heterocycles. The molecule has 0 bridgehead atoms. The Hall–Kier alpha value is -1.72. The molecule has 1 N–H and O–H groups in total. The van der Waals surface area contributed by atoms with Gasteiger partial charge in [-0.15, -0.1) is 0 Å². The molecule has 1 fully saturated rings. The zero-order chi connectivity index (χ0) is 13.1. The van der Waals surface area contributed by atoms with Crippen molar-refractivity contribution in [1.82, 2.24) is 10.1 Å². The third-order valence-electron chi connectivity index (χ3n) is 3.33. The van der Waals surface area contributed by atoms with Crippen molar-refractivity contribution in [2.24, 2.45) is 0 Å². The Morgan fingerprint density at radius 2 is 2.11 bits per heavy atom. The number of nitrogens with zero attached hydrogens (tertiary/aromatic N) is 2. The van der Waals surface area contributed by atoms with E-state index in [1.807, 2.05) is 30.3 Å². The number of rotatable bonds is 3. The second-order valence-corrected chi connectivity index (χ2v) is 4.75. The van der Waals surface area contributed by atoms with Crippen LogP contribution in [0.5, 0.6) is 0 Å². The molecule has 3 rings (SSSR count). The Balaban J connectivity index is 1.72. The van der Waals surface area contributed by atoms with Crippen molar-refractivity contribution in [3.63, 3.8) is 0 Å². The summed E-state index contributed by atoms with van der Waals surface area (Å²) in [5, 5.41) is 13.9. The quantitative estimate of drug-likeness (QED) is 0.906. The fourth-order valence-electron chi connectivity index (χ4n) is 2.23. The SMILES string of the molecule is OC1CCOCC1c1nc(Cc2ccccc2)no1. The summed E-state index contributed by atoms with van der Waals surface area (Å²) in [6.07, 6.45) is 0.786. The first-order valence-corrected chi connectivity index (χ1v) is 6.45. The summed E-state index contributed by atoms with van der Waals surface area (Å²) in [6.45, 7) is 1.02. The lowest BCUT2D eigenvalue weighted by Gasteiger charge is -2.24. The molecule has 0 radical (unpaired) electrons. The van der Waals surface area contributed by atoms with Crippen molar-refractivity contribution in [3.05, 3.63) is 47.6 Å². The van der Waals surface area contributed by atoms with Crippen LogP contribution in [0.2, 0.25) is 0 Å². The molecule has 5 nitrogen and oxygen atoms in total. The molecule has 0 saturated carbocycles. The molecule has 1 aromatic carbocycles. The van der Waals surface area contributed by atoms with Gasteiger partial charge < -0.3 is 14.4 Å². The van der Waals surface area contributed by atoms with Gasteiger partial charge >= 0.3 is 0 Å². The summed E-state index contributed by atoms with van der Waals surface area (Å²) in [7, 11) is 0. The van der Waals surface area contributed by atoms with E-state index in [1.54, 1.807) is 0 Å². The van der Waals surface area contributed by atoms with E-state index >= 15 is 0 Å². The second kappa shape index (κ2) is 5.50. The second-order valence-electron chi connectivity index (χ2n) is 4.75. The monoisotopic (exact) mass is 260 g/mol. The summed E-state index contributed by atoms with van der Waals surface area (Å²) in [6, 6.07) is 9.98. The minimum absolute atomic E-state index is 0.203. The van der Waals surface area contributed by atoms with Crippen LogP contribution in [0, 0.1) is 0 Å². The molecule has 0 aliphatic carbocycles. The zero-order valence-corrected chi connectivity index (χ0v) is 10.5. The van der Waals surface area contributed by atoms with Gasteiger partial charge in [0, 0.05) is 13.0 Å². The van der Waals surface area contributed by atoms with Crippen molar-refractivity contribution >= 4 is 0 Å². The van der Waals surface area contributed by atoms with E-state index in [2.05, 4.69) is 10.1 Å². The van der Waals surface area contributed by atoms with Gasteiger partial charge in [0.15, 0.2) is 5.82 Å². The van der Waals surface area contributed by atoms with Crippen LogP contribution in [-0.2, 0) is 11.2 Å². The van der Waals surface area contributed by atoms with Crippen LogP contribution in [0.15, 0.2) is 34.9 Å². The zero-order valence-electron chi connectivity index (χ0n) is 10.5. The number of ether oxygens (including phenoxy) is 1. The van der Waals surface area contributed by atoms with E-state index in [9.17, 15) is 5.11 Å². The highest BCUT2D eigenvalue weighted by molar-refractivity contribution is 5.18. The van der Waals surface area contributed by atoms with Crippen molar-refractivity contribution in [3.8, 4) is 0 Å². The van der Waals surface area contributed by atoms with E-state index in [4.69, 9.17) is 9.26 Å².